The minimum atomic E-state index is -6.58. The molecule has 0 aliphatic rings. The smallest absolute Gasteiger partial charge is 0.279 e. The maximum atomic E-state index is 11.2. The van der Waals surface area contributed by atoms with E-state index in [1.54, 1.807) is 0 Å². The standard InChI is InChI=1S/C2F6O3S.CHF3O3S/c3-1(4,5)11-12(9,10)2(6,7)8;2-1(3,4)8(5,6)7/h;(H,5,6,7). The fourth-order valence-electron chi connectivity index (χ4n) is 0.172. The van der Waals surface area contributed by atoms with E-state index in [0.29, 0.717) is 0 Å². The molecular weight excluding hydrogens is 367 g/mol. The molecule has 0 amide bonds. The van der Waals surface area contributed by atoms with Crippen molar-refractivity contribution in [3.63, 3.8) is 0 Å². The zero-order chi connectivity index (χ0) is 17.2. The highest BCUT2D eigenvalue weighted by atomic mass is 32.2. The van der Waals surface area contributed by atoms with Crippen molar-refractivity contribution in [2.24, 2.45) is 0 Å². The molecule has 0 fully saturated rings. The first kappa shape index (κ1) is 21.5. The van der Waals surface area contributed by atoms with Gasteiger partial charge < -0.3 is 0 Å². The lowest BCUT2D eigenvalue weighted by atomic mass is 11.4. The SMILES string of the molecule is O=S(=O)(O)C(F)(F)F.O=S(=O)(OC(F)(F)F)C(F)(F)F. The van der Waals surface area contributed by atoms with Gasteiger partial charge in [0.05, 0.1) is 0 Å². The molecule has 0 aliphatic heterocycles. The van der Waals surface area contributed by atoms with Crippen LogP contribution in [0.15, 0.2) is 0 Å². The summed E-state index contributed by atoms with van der Waals surface area (Å²) in [4.78, 5) is 0. The normalized spacial score (nSPS) is 14.5. The van der Waals surface area contributed by atoms with E-state index in [9.17, 15) is 47.9 Å². The van der Waals surface area contributed by atoms with Crippen LogP contribution in [0.25, 0.3) is 0 Å². The zero-order valence-corrected chi connectivity index (χ0v) is 9.84. The van der Waals surface area contributed by atoms with Gasteiger partial charge >= 0.3 is 37.6 Å². The Hall–Kier alpha value is -0.810. The van der Waals surface area contributed by atoms with Crippen LogP contribution in [0.3, 0.4) is 0 Å². The minimum Gasteiger partial charge on any atom is -0.279 e. The second-order valence-corrected chi connectivity index (χ2v) is 5.30. The molecule has 0 aliphatic carbocycles. The molecule has 0 saturated heterocycles. The Morgan fingerprint density at radius 1 is 0.700 bits per heavy atom. The van der Waals surface area contributed by atoms with Crippen LogP contribution >= 0.6 is 0 Å². The zero-order valence-electron chi connectivity index (χ0n) is 8.21. The summed E-state index contributed by atoms with van der Waals surface area (Å²) < 4.78 is 145. The lowest BCUT2D eigenvalue weighted by Crippen LogP contribution is -2.31. The molecule has 0 spiro atoms. The lowest BCUT2D eigenvalue weighted by molar-refractivity contribution is -0.277. The van der Waals surface area contributed by atoms with Crippen molar-refractivity contribution < 1.29 is 65.1 Å². The summed E-state index contributed by atoms with van der Waals surface area (Å²) in [7, 11) is -12.4. The molecule has 0 bridgehead atoms. The Balaban J connectivity index is 0. The molecule has 0 atom stereocenters. The maximum Gasteiger partial charge on any atom is 0.537 e. The molecule has 0 heterocycles. The highest BCUT2D eigenvalue weighted by Gasteiger charge is 2.53. The fourth-order valence-corrected chi connectivity index (χ4v) is 0.515. The molecule has 0 radical (unpaired) electrons. The lowest BCUT2D eigenvalue weighted by Gasteiger charge is -2.09. The van der Waals surface area contributed by atoms with Gasteiger partial charge in [0, 0.05) is 0 Å². The van der Waals surface area contributed by atoms with Gasteiger partial charge in [-0.25, -0.2) is 0 Å². The molecule has 0 aromatic rings. The number of rotatable bonds is 1. The summed E-state index contributed by atoms with van der Waals surface area (Å²) in [6.45, 7) is 0. The Morgan fingerprint density at radius 2 is 0.950 bits per heavy atom. The third kappa shape index (κ3) is 8.38. The summed E-state index contributed by atoms with van der Waals surface area (Å²) >= 11 is 0. The van der Waals surface area contributed by atoms with Gasteiger partial charge in [-0.1, -0.05) is 0 Å². The van der Waals surface area contributed by atoms with E-state index in [2.05, 4.69) is 0 Å². The predicted molar refractivity (Wildman–Crippen MR) is 39.7 cm³/mol. The summed E-state index contributed by atoms with van der Waals surface area (Å²) in [6, 6.07) is 0. The second-order valence-electron chi connectivity index (χ2n) is 2.35. The average molecular weight is 368 g/mol. The van der Waals surface area contributed by atoms with Crippen molar-refractivity contribution >= 4 is 20.2 Å². The van der Waals surface area contributed by atoms with Crippen LogP contribution in [0.1, 0.15) is 0 Å². The van der Waals surface area contributed by atoms with Crippen LogP contribution in [0.2, 0.25) is 0 Å². The van der Waals surface area contributed by atoms with Crippen molar-refractivity contribution in [1.29, 1.82) is 0 Å². The van der Waals surface area contributed by atoms with Gasteiger partial charge in [0.15, 0.2) is 0 Å². The summed E-state index contributed by atoms with van der Waals surface area (Å²) in [5.41, 5.74) is -11.6. The van der Waals surface area contributed by atoms with Gasteiger partial charge in [0.1, 0.15) is 0 Å². The number of halogens is 9. The van der Waals surface area contributed by atoms with E-state index in [1.807, 2.05) is 4.18 Å². The van der Waals surface area contributed by atoms with Crippen LogP contribution < -0.4 is 0 Å². The van der Waals surface area contributed by atoms with Gasteiger partial charge in [0.2, 0.25) is 0 Å². The third-order valence-corrected chi connectivity index (χ3v) is 2.34. The molecule has 6 nitrogen and oxygen atoms in total. The van der Waals surface area contributed by atoms with E-state index >= 15 is 0 Å². The summed E-state index contributed by atoms with van der Waals surface area (Å²) in [6.07, 6.45) is -5.87. The van der Waals surface area contributed by atoms with Gasteiger partial charge in [-0.05, 0) is 0 Å². The van der Waals surface area contributed by atoms with Gasteiger partial charge in [0.25, 0.3) is 0 Å². The van der Waals surface area contributed by atoms with Crippen LogP contribution in [0, 0.1) is 0 Å². The number of hydrogen-bond acceptors (Lipinski definition) is 5. The molecular formula is C3HF9O6S2. The largest absolute Gasteiger partial charge is 0.537 e. The molecule has 17 heteroatoms. The molecule has 124 valence electrons. The fraction of sp³-hybridized carbons (Fsp3) is 1.00. The van der Waals surface area contributed by atoms with Gasteiger partial charge in [-0.3, -0.25) is 4.55 Å². The van der Waals surface area contributed by atoms with Gasteiger partial charge in [-0.2, -0.15) is 47.4 Å². The molecule has 0 aromatic carbocycles. The first-order chi connectivity index (χ1) is 8.21. The van der Waals surface area contributed by atoms with Crippen LogP contribution in [0.4, 0.5) is 39.5 Å². The van der Waals surface area contributed by atoms with Gasteiger partial charge in [-0.15, -0.1) is 13.2 Å². The Bertz CT molecular complexity index is 505. The van der Waals surface area contributed by atoms with E-state index in [4.69, 9.17) is 13.0 Å². The molecule has 0 aromatic heterocycles. The van der Waals surface area contributed by atoms with Crippen molar-refractivity contribution in [3.05, 3.63) is 0 Å². The second kappa shape index (κ2) is 5.90. The van der Waals surface area contributed by atoms with Crippen molar-refractivity contribution in [1.82, 2.24) is 0 Å². The first-order valence-corrected chi connectivity index (χ1v) is 6.18. The number of alkyl halides is 9. The predicted octanol–water partition coefficient (Wildman–Crippen LogP) is 1.77. The quantitative estimate of drug-likeness (QED) is 0.328. The molecule has 0 unspecified atom stereocenters. The topological polar surface area (TPSA) is 97.7 Å². The van der Waals surface area contributed by atoms with Crippen molar-refractivity contribution in [2.45, 2.75) is 17.4 Å². The van der Waals surface area contributed by atoms with E-state index in [1.165, 1.54) is 0 Å². The number of hydrogen-bond donors (Lipinski definition) is 1. The molecule has 1 N–H and O–H groups in total. The first-order valence-electron chi connectivity index (χ1n) is 3.33. The minimum absolute atomic E-state index is 1.84. The van der Waals surface area contributed by atoms with Crippen LogP contribution in [0.5, 0.6) is 0 Å². The Kier molecular flexibility index (Phi) is 6.34. The van der Waals surface area contributed by atoms with E-state index in [0.717, 1.165) is 0 Å². The summed E-state index contributed by atoms with van der Waals surface area (Å²) in [5.74, 6) is 0. The van der Waals surface area contributed by atoms with Crippen LogP contribution in [-0.4, -0.2) is 38.8 Å². The van der Waals surface area contributed by atoms with Crippen molar-refractivity contribution in [3.8, 4) is 0 Å². The van der Waals surface area contributed by atoms with E-state index in [-0.39, 0.29) is 0 Å². The summed E-state index contributed by atoms with van der Waals surface area (Å²) in [5, 5.41) is 0. The maximum absolute atomic E-state index is 11.2. The molecule has 0 rings (SSSR count). The average Bonchev–Trinajstić information content (AvgIpc) is 1.92. The van der Waals surface area contributed by atoms with E-state index < -0.39 is 37.6 Å². The highest BCUT2D eigenvalue weighted by molar-refractivity contribution is 7.87. The van der Waals surface area contributed by atoms with Crippen molar-refractivity contribution in [2.75, 3.05) is 0 Å². The van der Waals surface area contributed by atoms with Crippen LogP contribution in [-0.2, 0) is 24.4 Å². The Labute approximate surface area is 104 Å². The monoisotopic (exact) mass is 368 g/mol. The molecule has 20 heavy (non-hydrogen) atoms. The Morgan fingerprint density at radius 3 is 1.00 bits per heavy atom. The third-order valence-electron chi connectivity index (χ3n) is 0.780. The molecule has 0 saturated carbocycles. The highest BCUT2D eigenvalue weighted by Crippen LogP contribution is 2.30.